The van der Waals surface area contributed by atoms with Crippen LogP contribution >= 0.6 is 0 Å². The first-order valence-corrected chi connectivity index (χ1v) is 9.40. The van der Waals surface area contributed by atoms with Crippen molar-refractivity contribution in [3.63, 3.8) is 0 Å². The summed E-state index contributed by atoms with van der Waals surface area (Å²) in [4.78, 5) is 23.1. The molecule has 0 radical (unpaired) electrons. The van der Waals surface area contributed by atoms with Crippen LogP contribution in [-0.4, -0.2) is 60.8 Å². The summed E-state index contributed by atoms with van der Waals surface area (Å²) < 4.78 is 11.4. The van der Waals surface area contributed by atoms with Crippen molar-refractivity contribution in [2.45, 2.75) is 13.3 Å². The Kier molecular flexibility index (Phi) is 5.16. The van der Waals surface area contributed by atoms with Crippen LogP contribution in [0, 0.1) is 6.92 Å². The Balaban J connectivity index is 1.58. The van der Waals surface area contributed by atoms with Gasteiger partial charge in [-0.15, -0.1) is 0 Å². The third-order valence-electron chi connectivity index (χ3n) is 4.69. The normalized spacial score (nSPS) is 15.6. The minimum Gasteiger partial charge on any atom is -0.489 e. The number of ether oxygens (including phenoxy) is 2. The maximum Gasteiger partial charge on any atom is 0.415 e. The van der Waals surface area contributed by atoms with Crippen LogP contribution in [0.2, 0.25) is 0 Å². The number of nitrogens with one attached hydrogen (secondary N) is 3. The minimum absolute atomic E-state index is 0.361. The molecule has 3 heterocycles. The minimum atomic E-state index is -0.361. The van der Waals surface area contributed by atoms with E-state index in [2.05, 4.69) is 25.9 Å². The third-order valence-corrected chi connectivity index (χ3v) is 4.69. The Morgan fingerprint density at radius 3 is 2.86 bits per heavy atom. The van der Waals surface area contributed by atoms with Gasteiger partial charge >= 0.3 is 6.09 Å². The van der Waals surface area contributed by atoms with E-state index in [1.54, 1.807) is 11.0 Å². The number of nitrogens with zero attached hydrogens (tertiary/aromatic N) is 3. The fourth-order valence-electron chi connectivity index (χ4n) is 3.31. The van der Waals surface area contributed by atoms with Gasteiger partial charge in [-0.3, -0.25) is 0 Å². The van der Waals surface area contributed by atoms with Gasteiger partial charge in [0.15, 0.2) is 11.5 Å². The first-order chi connectivity index (χ1) is 13.6. The molecule has 2 aliphatic rings. The van der Waals surface area contributed by atoms with E-state index in [1.807, 2.05) is 26.1 Å². The molecule has 2 aliphatic heterocycles. The molecule has 9 heteroatoms. The molecule has 1 aromatic carbocycles. The van der Waals surface area contributed by atoms with Gasteiger partial charge in [0.05, 0.1) is 6.61 Å². The lowest BCUT2D eigenvalue weighted by Gasteiger charge is -2.26. The summed E-state index contributed by atoms with van der Waals surface area (Å²) in [6.07, 6.45) is 0.403. The number of hydrogen-bond acceptors (Lipinski definition) is 8. The molecule has 4 rings (SSSR count). The summed E-state index contributed by atoms with van der Waals surface area (Å²) in [5, 5.41) is 9.45. The molecular weight excluding hydrogens is 360 g/mol. The van der Waals surface area contributed by atoms with Gasteiger partial charge in [-0.2, -0.15) is 4.98 Å². The van der Waals surface area contributed by atoms with Gasteiger partial charge in [0, 0.05) is 68.7 Å². The highest BCUT2D eigenvalue weighted by molar-refractivity contribution is 5.74. The van der Waals surface area contributed by atoms with E-state index in [0.717, 1.165) is 42.3 Å². The number of piperazine rings is 1. The first-order valence-electron chi connectivity index (χ1n) is 9.40. The van der Waals surface area contributed by atoms with Crippen molar-refractivity contribution >= 4 is 23.5 Å². The number of amides is 1. The number of hydrogen-bond donors (Lipinski definition) is 3. The predicted molar refractivity (Wildman–Crippen MR) is 106 cm³/mol. The second-order valence-corrected chi connectivity index (χ2v) is 6.76. The molecule has 0 spiro atoms. The highest BCUT2D eigenvalue weighted by Crippen LogP contribution is 2.39. The van der Waals surface area contributed by atoms with E-state index in [4.69, 9.17) is 9.47 Å². The van der Waals surface area contributed by atoms with Gasteiger partial charge in [-0.1, -0.05) is 0 Å². The molecule has 1 fully saturated rings. The molecule has 0 atom stereocenters. The summed E-state index contributed by atoms with van der Waals surface area (Å²) in [5.41, 5.74) is 2.59. The largest absolute Gasteiger partial charge is 0.489 e. The zero-order valence-electron chi connectivity index (χ0n) is 16.0. The van der Waals surface area contributed by atoms with Crippen LogP contribution in [0.5, 0.6) is 11.5 Å². The molecule has 0 aliphatic carbocycles. The third kappa shape index (κ3) is 3.94. The number of fused-ring (bicyclic) bond motifs is 1. The zero-order valence-corrected chi connectivity index (χ0v) is 16.0. The maximum atomic E-state index is 12.5. The van der Waals surface area contributed by atoms with Crippen molar-refractivity contribution in [1.82, 2.24) is 20.2 Å². The molecule has 28 heavy (non-hydrogen) atoms. The zero-order chi connectivity index (χ0) is 19.5. The molecule has 1 aromatic heterocycles. The SMILES string of the molecule is CNc1cc(C)nc(Nc2cc3c(c(OC(=O)N4CCNCC4)c2)OCC3)n1. The average molecular weight is 384 g/mol. The van der Waals surface area contributed by atoms with Gasteiger partial charge in [0.25, 0.3) is 0 Å². The summed E-state index contributed by atoms with van der Waals surface area (Å²) in [6, 6.07) is 5.60. The average Bonchev–Trinajstić information content (AvgIpc) is 3.17. The van der Waals surface area contributed by atoms with Gasteiger partial charge in [-0.05, 0) is 13.0 Å². The monoisotopic (exact) mass is 384 g/mol. The van der Waals surface area contributed by atoms with Crippen LogP contribution in [0.4, 0.5) is 22.2 Å². The number of anilines is 3. The lowest BCUT2D eigenvalue weighted by Crippen LogP contribution is -2.47. The molecule has 1 amide bonds. The number of rotatable bonds is 4. The summed E-state index contributed by atoms with van der Waals surface area (Å²) in [5.74, 6) is 2.25. The van der Waals surface area contributed by atoms with E-state index in [1.165, 1.54) is 0 Å². The van der Waals surface area contributed by atoms with Gasteiger partial charge in [0.1, 0.15) is 5.82 Å². The molecular formula is C19H24N6O3. The molecule has 0 unspecified atom stereocenters. The van der Waals surface area contributed by atoms with Crippen LogP contribution < -0.4 is 25.4 Å². The highest BCUT2D eigenvalue weighted by atomic mass is 16.6. The Bertz CT molecular complexity index is 882. The van der Waals surface area contributed by atoms with Crippen LogP contribution in [-0.2, 0) is 6.42 Å². The van der Waals surface area contributed by atoms with E-state index in [-0.39, 0.29) is 6.09 Å². The first kappa shape index (κ1) is 18.3. The van der Waals surface area contributed by atoms with Crippen LogP contribution in [0.25, 0.3) is 0 Å². The Labute approximate surface area is 163 Å². The standard InChI is InChI=1S/C19H24N6O3/c1-12-9-16(20-2)24-18(22-12)23-14-10-13-3-8-27-17(13)15(11-14)28-19(26)25-6-4-21-5-7-25/h9-11,21H,3-8H2,1-2H3,(H2,20,22,23,24). The second-order valence-electron chi connectivity index (χ2n) is 6.76. The highest BCUT2D eigenvalue weighted by Gasteiger charge is 2.24. The summed E-state index contributed by atoms with van der Waals surface area (Å²) in [7, 11) is 1.81. The molecule has 9 nitrogen and oxygen atoms in total. The molecule has 2 aromatic rings. The number of carbonyl (C=O) groups is 1. The maximum absolute atomic E-state index is 12.5. The lowest BCUT2D eigenvalue weighted by atomic mass is 10.1. The van der Waals surface area contributed by atoms with Gasteiger partial charge in [-0.25, -0.2) is 9.78 Å². The van der Waals surface area contributed by atoms with Gasteiger partial charge < -0.3 is 30.3 Å². The van der Waals surface area contributed by atoms with Crippen LogP contribution in [0.1, 0.15) is 11.3 Å². The number of carbonyl (C=O) groups excluding carboxylic acids is 1. The van der Waals surface area contributed by atoms with Crippen molar-refractivity contribution < 1.29 is 14.3 Å². The molecule has 1 saturated heterocycles. The number of benzene rings is 1. The fourth-order valence-corrected chi connectivity index (χ4v) is 3.31. The van der Waals surface area contributed by atoms with Crippen molar-refractivity contribution in [1.29, 1.82) is 0 Å². The Hall–Kier alpha value is -3.07. The van der Waals surface area contributed by atoms with Gasteiger partial charge in [0.2, 0.25) is 5.95 Å². The smallest absolute Gasteiger partial charge is 0.415 e. The molecule has 148 valence electrons. The lowest BCUT2D eigenvalue weighted by molar-refractivity contribution is 0.144. The second kappa shape index (κ2) is 7.89. The van der Waals surface area contributed by atoms with Crippen molar-refractivity contribution in [2.24, 2.45) is 0 Å². The Morgan fingerprint density at radius 1 is 1.25 bits per heavy atom. The van der Waals surface area contributed by atoms with Crippen molar-refractivity contribution in [3.8, 4) is 11.5 Å². The van der Waals surface area contributed by atoms with E-state index < -0.39 is 0 Å². The van der Waals surface area contributed by atoms with Crippen molar-refractivity contribution in [2.75, 3.05) is 50.5 Å². The quantitative estimate of drug-likeness (QED) is 0.735. The van der Waals surface area contributed by atoms with E-state index in [9.17, 15) is 4.79 Å². The van der Waals surface area contributed by atoms with E-state index in [0.29, 0.717) is 37.1 Å². The molecule has 3 N–H and O–H groups in total. The number of aromatic nitrogens is 2. The number of aryl methyl sites for hydroxylation is 1. The topological polar surface area (TPSA) is 101 Å². The van der Waals surface area contributed by atoms with Crippen molar-refractivity contribution in [3.05, 3.63) is 29.5 Å². The fraction of sp³-hybridized carbons (Fsp3) is 0.421. The van der Waals surface area contributed by atoms with E-state index >= 15 is 0 Å². The summed E-state index contributed by atoms with van der Waals surface area (Å²) in [6.45, 7) is 5.27. The van der Waals surface area contributed by atoms with Crippen LogP contribution in [0.15, 0.2) is 18.2 Å². The molecule has 0 saturated carbocycles. The summed E-state index contributed by atoms with van der Waals surface area (Å²) >= 11 is 0. The molecule has 0 bridgehead atoms. The Morgan fingerprint density at radius 2 is 2.07 bits per heavy atom. The predicted octanol–water partition coefficient (Wildman–Crippen LogP) is 1.91. The van der Waals surface area contributed by atoms with Crippen LogP contribution in [0.3, 0.4) is 0 Å².